The van der Waals surface area contributed by atoms with E-state index in [9.17, 15) is 9.90 Å². The second kappa shape index (κ2) is 6.90. The Labute approximate surface area is 130 Å². The van der Waals surface area contributed by atoms with E-state index in [1.807, 2.05) is 43.3 Å². The third-order valence-electron chi connectivity index (χ3n) is 2.83. The summed E-state index contributed by atoms with van der Waals surface area (Å²) in [5, 5.41) is 9.58. The van der Waals surface area contributed by atoms with Crippen LogP contribution in [-0.2, 0) is 11.2 Å². The summed E-state index contributed by atoms with van der Waals surface area (Å²) in [4.78, 5) is 15.9. The summed E-state index contributed by atoms with van der Waals surface area (Å²) in [5.41, 5.74) is 1.82. The number of benzene rings is 1. The SMILES string of the molecule is CCc1cc(Br)cnc1SC(C(=O)O)c1ccccc1. The van der Waals surface area contributed by atoms with Gasteiger partial charge in [0.15, 0.2) is 0 Å². The molecule has 1 N–H and O–H groups in total. The molecule has 0 aliphatic heterocycles. The Morgan fingerprint density at radius 1 is 1.40 bits per heavy atom. The molecule has 5 heteroatoms. The van der Waals surface area contributed by atoms with Crippen LogP contribution in [0.4, 0.5) is 0 Å². The molecule has 0 spiro atoms. The zero-order valence-corrected chi connectivity index (χ0v) is 13.3. The number of aryl methyl sites for hydroxylation is 1. The zero-order chi connectivity index (χ0) is 14.5. The van der Waals surface area contributed by atoms with E-state index in [2.05, 4.69) is 20.9 Å². The van der Waals surface area contributed by atoms with Crippen LogP contribution in [0.1, 0.15) is 23.3 Å². The number of hydrogen-bond donors (Lipinski definition) is 1. The number of carboxylic acids is 1. The van der Waals surface area contributed by atoms with Gasteiger partial charge in [-0.2, -0.15) is 0 Å². The van der Waals surface area contributed by atoms with Gasteiger partial charge in [-0.25, -0.2) is 4.98 Å². The molecule has 2 rings (SSSR count). The first-order valence-electron chi connectivity index (χ1n) is 6.20. The van der Waals surface area contributed by atoms with Crippen molar-refractivity contribution in [1.29, 1.82) is 0 Å². The second-order valence-electron chi connectivity index (χ2n) is 4.22. The lowest BCUT2D eigenvalue weighted by Gasteiger charge is -2.14. The molecule has 1 unspecified atom stereocenters. The van der Waals surface area contributed by atoms with Crippen LogP contribution in [0.5, 0.6) is 0 Å². The number of hydrogen-bond acceptors (Lipinski definition) is 3. The molecule has 0 saturated carbocycles. The summed E-state index contributed by atoms with van der Waals surface area (Å²) in [7, 11) is 0. The molecule has 0 amide bonds. The van der Waals surface area contributed by atoms with E-state index >= 15 is 0 Å². The third kappa shape index (κ3) is 3.61. The lowest BCUT2D eigenvalue weighted by atomic mass is 10.1. The maximum absolute atomic E-state index is 11.5. The maximum Gasteiger partial charge on any atom is 0.321 e. The van der Waals surface area contributed by atoms with Crippen molar-refractivity contribution in [2.75, 3.05) is 0 Å². The summed E-state index contributed by atoms with van der Waals surface area (Å²) < 4.78 is 0.908. The maximum atomic E-state index is 11.5. The monoisotopic (exact) mass is 351 g/mol. The van der Waals surface area contributed by atoms with Crippen LogP contribution in [0.2, 0.25) is 0 Å². The zero-order valence-electron chi connectivity index (χ0n) is 10.9. The first-order chi connectivity index (χ1) is 9.61. The van der Waals surface area contributed by atoms with Crippen LogP contribution < -0.4 is 0 Å². The first kappa shape index (κ1) is 15.1. The van der Waals surface area contributed by atoms with E-state index in [-0.39, 0.29) is 0 Å². The van der Waals surface area contributed by atoms with Crippen molar-refractivity contribution in [1.82, 2.24) is 4.98 Å². The molecule has 1 heterocycles. The topological polar surface area (TPSA) is 50.2 Å². The van der Waals surface area contributed by atoms with Crippen molar-refractivity contribution in [3.63, 3.8) is 0 Å². The smallest absolute Gasteiger partial charge is 0.321 e. The number of pyridine rings is 1. The van der Waals surface area contributed by atoms with E-state index in [4.69, 9.17) is 0 Å². The van der Waals surface area contributed by atoms with Crippen molar-refractivity contribution in [2.24, 2.45) is 0 Å². The summed E-state index contributed by atoms with van der Waals surface area (Å²) in [6, 6.07) is 11.2. The van der Waals surface area contributed by atoms with E-state index in [1.54, 1.807) is 6.20 Å². The molecule has 0 radical (unpaired) electrons. The van der Waals surface area contributed by atoms with Crippen molar-refractivity contribution >= 4 is 33.7 Å². The van der Waals surface area contributed by atoms with Crippen LogP contribution in [0, 0.1) is 0 Å². The Morgan fingerprint density at radius 2 is 2.10 bits per heavy atom. The summed E-state index contributed by atoms with van der Waals surface area (Å²) in [6.45, 7) is 2.03. The largest absolute Gasteiger partial charge is 0.480 e. The molecule has 1 atom stereocenters. The average molecular weight is 352 g/mol. The fourth-order valence-corrected chi connectivity index (χ4v) is 3.29. The van der Waals surface area contributed by atoms with Gasteiger partial charge in [-0.15, -0.1) is 0 Å². The highest BCUT2D eigenvalue weighted by atomic mass is 79.9. The fourth-order valence-electron chi connectivity index (χ4n) is 1.83. The lowest BCUT2D eigenvalue weighted by Crippen LogP contribution is -2.08. The van der Waals surface area contributed by atoms with E-state index < -0.39 is 11.2 Å². The van der Waals surface area contributed by atoms with E-state index in [0.29, 0.717) is 0 Å². The van der Waals surface area contributed by atoms with Gasteiger partial charge in [0.1, 0.15) is 10.3 Å². The number of aliphatic carboxylic acids is 1. The Morgan fingerprint density at radius 3 is 2.70 bits per heavy atom. The minimum absolute atomic E-state index is 0.643. The van der Waals surface area contributed by atoms with Crippen LogP contribution in [0.25, 0.3) is 0 Å². The fraction of sp³-hybridized carbons (Fsp3) is 0.200. The van der Waals surface area contributed by atoms with E-state index in [1.165, 1.54) is 11.8 Å². The predicted octanol–water partition coefficient (Wildman–Crippen LogP) is 4.32. The molecule has 104 valence electrons. The number of nitrogens with zero attached hydrogens (tertiary/aromatic N) is 1. The van der Waals surface area contributed by atoms with Gasteiger partial charge >= 0.3 is 5.97 Å². The van der Waals surface area contributed by atoms with Gasteiger partial charge in [0.05, 0.1) is 0 Å². The molecule has 0 saturated heterocycles. The molecule has 0 aliphatic carbocycles. The van der Waals surface area contributed by atoms with Gasteiger partial charge in [-0.1, -0.05) is 49.0 Å². The number of halogens is 1. The van der Waals surface area contributed by atoms with Crippen molar-refractivity contribution in [3.05, 3.63) is 58.2 Å². The Bertz CT molecular complexity index is 604. The number of aromatic nitrogens is 1. The number of thioether (sulfide) groups is 1. The molecule has 1 aromatic heterocycles. The number of carboxylic acid groups (broad SMARTS) is 1. The highest BCUT2D eigenvalue weighted by Gasteiger charge is 2.22. The Balaban J connectivity index is 2.32. The minimum Gasteiger partial charge on any atom is -0.480 e. The molecule has 0 fully saturated rings. The standard InChI is InChI=1S/C15H14BrNO2S/c1-2-10-8-12(16)9-17-14(10)20-13(15(18)19)11-6-4-3-5-7-11/h3-9,13H,2H2,1H3,(H,18,19). The van der Waals surface area contributed by atoms with Gasteiger partial charge in [-0.3, -0.25) is 4.79 Å². The number of rotatable bonds is 5. The summed E-state index contributed by atoms with van der Waals surface area (Å²) in [5.74, 6) is -0.854. The molecule has 3 nitrogen and oxygen atoms in total. The van der Waals surface area contributed by atoms with Crippen molar-refractivity contribution < 1.29 is 9.90 Å². The summed E-state index contributed by atoms with van der Waals surface area (Å²) in [6.07, 6.45) is 2.52. The van der Waals surface area contributed by atoms with Gasteiger partial charge in [0.2, 0.25) is 0 Å². The van der Waals surface area contributed by atoms with Gasteiger partial charge in [0.25, 0.3) is 0 Å². The second-order valence-corrected chi connectivity index (χ2v) is 6.23. The average Bonchev–Trinajstić information content (AvgIpc) is 2.46. The highest BCUT2D eigenvalue weighted by molar-refractivity contribution is 9.10. The van der Waals surface area contributed by atoms with Gasteiger partial charge in [0, 0.05) is 10.7 Å². The van der Waals surface area contributed by atoms with Crippen LogP contribution in [0.15, 0.2) is 52.1 Å². The Kier molecular flexibility index (Phi) is 5.20. The molecule has 0 aliphatic rings. The van der Waals surface area contributed by atoms with Crippen molar-refractivity contribution in [2.45, 2.75) is 23.6 Å². The van der Waals surface area contributed by atoms with Crippen molar-refractivity contribution in [3.8, 4) is 0 Å². The molecule has 0 bridgehead atoms. The lowest BCUT2D eigenvalue weighted by molar-refractivity contribution is -0.136. The molecular weight excluding hydrogens is 338 g/mol. The minimum atomic E-state index is -0.854. The Hall–Kier alpha value is -1.33. The molecule has 2 aromatic rings. The molecular formula is C15H14BrNO2S. The predicted molar refractivity (Wildman–Crippen MR) is 84.0 cm³/mol. The van der Waals surface area contributed by atoms with Crippen LogP contribution in [0.3, 0.4) is 0 Å². The normalized spacial score (nSPS) is 12.1. The quantitative estimate of drug-likeness (QED) is 0.814. The van der Waals surface area contributed by atoms with Gasteiger partial charge in [-0.05, 0) is 39.5 Å². The van der Waals surface area contributed by atoms with Gasteiger partial charge < -0.3 is 5.11 Å². The molecule has 1 aromatic carbocycles. The highest BCUT2D eigenvalue weighted by Crippen LogP contribution is 2.36. The summed E-state index contributed by atoms with van der Waals surface area (Å²) >= 11 is 4.67. The van der Waals surface area contributed by atoms with Crippen LogP contribution in [-0.4, -0.2) is 16.1 Å². The molecule has 20 heavy (non-hydrogen) atoms. The third-order valence-corrected chi connectivity index (χ3v) is 4.56. The van der Waals surface area contributed by atoms with E-state index in [0.717, 1.165) is 27.0 Å². The first-order valence-corrected chi connectivity index (χ1v) is 7.88. The van der Waals surface area contributed by atoms with Crippen LogP contribution >= 0.6 is 27.7 Å². The number of carbonyl (C=O) groups is 1.